The Labute approximate surface area is 136 Å². The minimum absolute atomic E-state index is 0.114. The van der Waals surface area contributed by atoms with Crippen LogP contribution in [0.5, 0.6) is 0 Å². The van der Waals surface area contributed by atoms with Gasteiger partial charge < -0.3 is 5.73 Å². The summed E-state index contributed by atoms with van der Waals surface area (Å²) in [7, 11) is 0. The molecule has 1 heterocycles. The third kappa shape index (κ3) is 3.03. The van der Waals surface area contributed by atoms with Crippen LogP contribution in [0.15, 0.2) is 47.3 Å². The van der Waals surface area contributed by atoms with Crippen LogP contribution < -0.4 is 11.4 Å². The van der Waals surface area contributed by atoms with Gasteiger partial charge in [0.05, 0.1) is 12.2 Å². The number of hydrogen-bond acceptors (Lipinski definition) is 4. The Bertz CT molecular complexity index is 915. The molecule has 1 aromatic heterocycles. The van der Waals surface area contributed by atoms with Gasteiger partial charge in [-0.3, -0.25) is 0 Å². The quantitative estimate of drug-likeness (QED) is 0.744. The molecule has 0 aliphatic rings. The van der Waals surface area contributed by atoms with Crippen LogP contribution in [-0.4, -0.2) is 19.8 Å². The van der Waals surface area contributed by atoms with Crippen LogP contribution >= 0.6 is 0 Å². The molecule has 8 heteroatoms. The third-order valence-corrected chi connectivity index (χ3v) is 3.70. The van der Waals surface area contributed by atoms with Gasteiger partial charge >= 0.3 is 5.69 Å². The van der Waals surface area contributed by atoms with Crippen molar-refractivity contribution >= 4 is 5.69 Å². The van der Waals surface area contributed by atoms with Crippen LogP contribution in [-0.2, 0) is 6.54 Å². The average Bonchev–Trinajstić information content (AvgIpc) is 2.92. The molecular weight excluding hydrogens is 316 g/mol. The number of nitrogens with zero attached hydrogens (tertiary/aromatic N) is 4. The normalized spacial score (nSPS) is 11.2. The maximum absolute atomic E-state index is 12.6. The van der Waals surface area contributed by atoms with E-state index in [2.05, 4.69) is 10.4 Å². The first kappa shape index (κ1) is 15.9. The number of anilines is 1. The molecule has 6 nitrogen and oxygen atoms in total. The average molecular weight is 331 g/mol. The van der Waals surface area contributed by atoms with Gasteiger partial charge in [-0.05, 0) is 46.7 Å². The molecule has 0 saturated heterocycles. The van der Waals surface area contributed by atoms with Crippen LogP contribution in [0.3, 0.4) is 0 Å². The number of nitrogen functional groups attached to an aromatic ring is 1. The Balaban J connectivity index is 1.88. The summed E-state index contributed by atoms with van der Waals surface area (Å²) in [6.07, 6.45) is -2.56. The molecule has 2 aromatic carbocycles. The first-order chi connectivity index (χ1) is 11.5. The van der Waals surface area contributed by atoms with Crippen molar-refractivity contribution in [3.05, 3.63) is 69.6 Å². The van der Waals surface area contributed by atoms with Crippen molar-refractivity contribution in [1.82, 2.24) is 19.8 Å². The molecule has 24 heavy (non-hydrogen) atoms. The molecule has 3 rings (SSSR count). The molecule has 0 saturated carbocycles. The van der Waals surface area contributed by atoms with Gasteiger partial charge in [0, 0.05) is 11.3 Å². The highest BCUT2D eigenvalue weighted by Crippen LogP contribution is 2.19. The number of rotatable bonds is 4. The zero-order valence-corrected chi connectivity index (χ0v) is 12.9. The van der Waals surface area contributed by atoms with Gasteiger partial charge in [-0.15, -0.1) is 0 Å². The zero-order valence-electron chi connectivity index (χ0n) is 12.9. The van der Waals surface area contributed by atoms with Gasteiger partial charge in [0.25, 0.3) is 6.43 Å². The van der Waals surface area contributed by atoms with Crippen LogP contribution in [0.25, 0.3) is 5.69 Å². The van der Waals surface area contributed by atoms with Gasteiger partial charge in [-0.25, -0.2) is 13.6 Å². The molecule has 0 unspecified atom stereocenters. The van der Waals surface area contributed by atoms with E-state index in [0.717, 1.165) is 15.8 Å². The van der Waals surface area contributed by atoms with Crippen LogP contribution in [0, 0.1) is 6.92 Å². The number of halogens is 2. The number of aryl methyl sites for hydroxylation is 1. The highest BCUT2D eigenvalue weighted by molar-refractivity contribution is 5.47. The van der Waals surface area contributed by atoms with Crippen LogP contribution in [0.4, 0.5) is 14.5 Å². The second-order valence-electron chi connectivity index (χ2n) is 5.41. The maximum atomic E-state index is 12.6. The van der Waals surface area contributed by atoms with Crippen molar-refractivity contribution in [2.75, 3.05) is 5.73 Å². The Hall–Kier alpha value is -3.03. The molecule has 3 aromatic rings. The molecular formula is C16H15F2N5O. The van der Waals surface area contributed by atoms with Gasteiger partial charge in [-0.1, -0.05) is 24.3 Å². The van der Waals surface area contributed by atoms with E-state index >= 15 is 0 Å². The molecule has 0 aliphatic carbocycles. The number of nitrogens with two attached hydrogens (primary N) is 1. The summed E-state index contributed by atoms with van der Waals surface area (Å²) >= 11 is 0. The molecule has 0 radical (unpaired) electrons. The molecule has 2 N–H and O–H groups in total. The summed E-state index contributed by atoms with van der Waals surface area (Å²) in [5, 5.41) is 7.64. The maximum Gasteiger partial charge on any atom is 0.368 e. The van der Waals surface area contributed by atoms with E-state index in [-0.39, 0.29) is 12.1 Å². The topological polar surface area (TPSA) is 78.7 Å². The largest absolute Gasteiger partial charge is 0.399 e. The predicted molar refractivity (Wildman–Crippen MR) is 85.3 cm³/mol. The molecule has 0 fully saturated rings. The summed E-state index contributed by atoms with van der Waals surface area (Å²) in [6.45, 7) is 2.12. The summed E-state index contributed by atoms with van der Waals surface area (Å²) in [6, 6.07) is 10.8. The van der Waals surface area contributed by atoms with E-state index < -0.39 is 12.1 Å². The Morgan fingerprint density at radius 1 is 1.12 bits per heavy atom. The first-order valence-electron chi connectivity index (χ1n) is 7.22. The molecule has 0 bridgehead atoms. The Morgan fingerprint density at radius 3 is 2.46 bits per heavy atom. The number of benzene rings is 2. The van der Waals surface area contributed by atoms with Crippen molar-refractivity contribution in [2.24, 2.45) is 0 Å². The van der Waals surface area contributed by atoms with Gasteiger partial charge in [-0.2, -0.15) is 9.36 Å². The smallest absolute Gasteiger partial charge is 0.368 e. The number of tetrazole rings is 1. The highest BCUT2D eigenvalue weighted by Gasteiger charge is 2.11. The van der Waals surface area contributed by atoms with Crippen LogP contribution in [0.2, 0.25) is 0 Å². The van der Waals surface area contributed by atoms with Crippen molar-refractivity contribution < 1.29 is 8.78 Å². The van der Waals surface area contributed by atoms with Crippen molar-refractivity contribution in [1.29, 1.82) is 0 Å². The number of hydrogen-bond donors (Lipinski definition) is 1. The molecule has 124 valence electrons. The summed E-state index contributed by atoms with van der Waals surface area (Å²) in [4.78, 5) is 12.4. The van der Waals surface area contributed by atoms with E-state index in [1.165, 1.54) is 28.9 Å². The van der Waals surface area contributed by atoms with Gasteiger partial charge in [0.15, 0.2) is 0 Å². The van der Waals surface area contributed by atoms with E-state index in [4.69, 9.17) is 5.73 Å². The summed E-state index contributed by atoms with van der Waals surface area (Å²) < 4.78 is 27.4. The van der Waals surface area contributed by atoms with Gasteiger partial charge in [0.1, 0.15) is 0 Å². The zero-order chi connectivity index (χ0) is 17.3. The first-order valence-corrected chi connectivity index (χ1v) is 7.22. The van der Waals surface area contributed by atoms with Crippen LogP contribution in [0.1, 0.15) is 23.1 Å². The molecule has 0 amide bonds. The second kappa shape index (κ2) is 6.23. The van der Waals surface area contributed by atoms with Crippen molar-refractivity contribution in [3.8, 4) is 5.69 Å². The fourth-order valence-electron chi connectivity index (χ4n) is 2.31. The fraction of sp³-hybridized carbons (Fsp3) is 0.188. The molecule has 0 atom stereocenters. The minimum atomic E-state index is -2.56. The Morgan fingerprint density at radius 2 is 1.83 bits per heavy atom. The van der Waals surface area contributed by atoms with E-state index in [1.807, 2.05) is 19.1 Å². The highest BCUT2D eigenvalue weighted by atomic mass is 19.3. The summed E-state index contributed by atoms with van der Waals surface area (Å²) in [5.74, 6) is 0. The molecule has 0 spiro atoms. The summed E-state index contributed by atoms with van der Waals surface area (Å²) in [5.41, 5.74) is 8.04. The third-order valence-electron chi connectivity index (χ3n) is 3.70. The van der Waals surface area contributed by atoms with E-state index in [0.29, 0.717) is 11.4 Å². The lowest BCUT2D eigenvalue weighted by Gasteiger charge is -2.04. The monoisotopic (exact) mass is 331 g/mol. The number of aromatic nitrogens is 4. The van der Waals surface area contributed by atoms with E-state index in [1.54, 1.807) is 6.07 Å². The standard InChI is InChI=1S/C16H15F2N5O/c1-10-8-11(2-7-14(10)19)9-22-16(24)23(21-20-22)13-5-3-12(4-6-13)15(17)18/h2-8,15H,9,19H2,1H3. The van der Waals surface area contributed by atoms with Crippen molar-refractivity contribution in [3.63, 3.8) is 0 Å². The lowest BCUT2D eigenvalue weighted by molar-refractivity contribution is 0.151. The van der Waals surface area contributed by atoms with Gasteiger partial charge in [0.2, 0.25) is 0 Å². The molecule has 0 aliphatic heterocycles. The van der Waals surface area contributed by atoms with Crippen molar-refractivity contribution in [2.45, 2.75) is 19.9 Å². The van der Waals surface area contributed by atoms with E-state index in [9.17, 15) is 13.6 Å². The Kier molecular flexibility index (Phi) is 4.11. The SMILES string of the molecule is Cc1cc(Cn2nnn(-c3ccc(C(F)F)cc3)c2=O)ccc1N. The number of alkyl halides is 2. The fourth-order valence-corrected chi connectivity index (χ4v) is 2.31. The lowest BCUT2D eigenvalue weighted by Crippen LogP contribution is -2.24. The second-order valence-corrected chi connectivity index (χ2v) is 5.41. The minimum Gasteiger partial charge on any atom is -0.399 e. The lowest BCUT2D eigenvalue weighted by atomic mass is 10.1. The predicted octanol–water partition coefficient (Wildman–Crippen LogP) is 2.31.